The third kappa shape index (κ3) is 4.99. The second kappa shape index (κ2) is 10.1. The van der Waals surface area contributed by atoms with Crippen LogP contribution in [0, 0.1) is 5.92 Å². The molecule has 0 saturated carbocycles. The van der Waals surface area contributed by atoms with Crippen LogP contribution in [0.2, 0.25) is 0 Å². The largest absolute Gasteiger partial charge is 0.355 e. The number of carbonyl (C=O) groups is 1. The molecule has 0 atom stereocenters. The van der Waals surface area contributed by atoms with E-state index in [1.165, 1.54) is 0 Å². The molecular formula is C23H33ClN8O. The fourth-order valence-corrected chi connectivity index (χ4v) is 4.93. The van der Waals surface area contributed by atoms with E-state index >= 15 is 0 Å². The zero-order valence-corrected chi connectivity index (χ0v) is 20.2. The Labute approximate surface area is 200 Å². The maximum Gasteiger partial charge on any atom is 0.236 e. The summed E-state index contributed by atoms with van der Waals surface area (Å²) in [6.45, 7) is 8.41. The topological polar surface area (TPSA) is 74.8 Å². The number of nitrogens with zero attached hydrogens (tertiary/aromatic N) is 8. The van der Waals surface area contributed by atoms with Gasteiger partial charge >= 0.3 is 0 Å². The molecule has 5 rings (SSSR count). The summed E-state index contributed by atoms with van der Waals surface area (Å²) in [6, 6.07) is 2.02. The summed E-state index contributed by atoms with van der Waals surface area (Å²) < 4.78 is 3.70. The Morgan fingerprint density at radius 1 is 1.09 bits per heavy atom. The highest BCUT2D eigenvalue weighted by molar-refractivity contribution is 5.85. The van der Waals surface area contributed by atoms with Crippen molar-refractivity contribution in [2.75, 3.05) is 50.7 Å². The van der Waals surface area contributed by atoms with Gasteiger partial charge < -0.3 is 9.80 Å². The lowest BCUT2D eigenvalue weighted by Gasteiger charge is -2.39. The van der Waals surface area contributed by atoms with Crippen molar-refractivity contribution in [3.05, 3.63) is 30.9 Å². The van der Waals surface area contributed by atoms with Crippen LogP contribution in [0.5, 0.6) is 0 Å². The lowest BCUT2D eigenvalue weighted by molar-refractivity contribution is -0.136. The molecule has 0 N–H and O–H groups in total. The zero-order chi connectivity index (χ0) is 22.1. The van der Waals surface area contributed by atoms with Crippen LogP contribution in [0.25, 0.3) is 16.8 Å². The molecule has 0 unspecified atom stereocenters. The molecule has 0 aliphatic carbocycles. The van der Waals surface area contributed by atoms with Gasteiger partial charge in [0.05, 0.1) is 30.8 Å². The first-order valence-electron chi connectivity index (χ1n) is 11.7. The molecule has 10 heteroatoms. The predicted octanol–water partition coefficient (Wildman–Crippen LogP) is 2.32. The number of hydrogen-bond donors (Lipinski definition) is 0. The number of aromatic nitrogens is 5. The zero-order valence-electron chi connectivity index (χ0n) is 19.4. The highest BCUT2D eigenvalue weighted by Crippen LogP contribution is 2.29. The fraction of sp³-hybridized carbons (Fsp3) is 0.565. The van der Waals surface area contributed by atoms with Crippen molar-refractivity contribution in [2.24, 2.45) is 13.0 Å². The van der Waals surface area contributed by atoms with Crippen LogP contribution in [0.3, 0.4) is 0 Å². The number of carbonyl (C=O) groups excluding carboxylic acids is 1. The van der Waals surface area contributed by atoms with E-state index in [2.05, 4.69) is 31.8 Å². The first kappa shape index (κ1) is 23.5. The number of piperazine rings is 1. The monoisotopic (exact) mass is 472 g/mol. The third-order valence-electron chi connectivity index (χ3n) is 6.70. The summed E-state index contributed by atoms with van der Waals surface area (Å²) in [4.78, 5) is 24.3. The molecule has 0 spiro atoms. The molecule has 0 radical (unpaired) electrons. The first-order chi connectivity index (χ1) is 15.6. The molecule has 2 aliphatic rings. The molecule has 0 aromatic carbocycles. The maximum absolute atomic E-state index is 12.6. The number of anilines is 1. The molecule has 33 heavy (non-hydrogen) atoms. The van der Waals surface area contributed by atoms with E-state index in [4.69, 9.17) is 4.98 Å². The van der Waals surface area contributed by atoms with Crippen LogP contribution in [0.4, 0.5) is 5.82 Å². The summed E-state index contributed by atoms with van der Waals surface area (Å²) in [6.07, 6.45) is 10.8. The standard InChI is InChI=1S/C23H32N8O.ClH/c1-3-8-28-11-12-30(22(32)17-28)14-18-5-9-29(10-6-18)23-21-4-7-24-31(21)16-20(26-23)19-13-25-27(2)15-19;/h4,7,13,15-16,18H,3,5-6,8-12,14,17H2,1-2H3;1H. The van der Waals surface area contributed by atoms with Gasteiger partial charge in [0.15, 0.2) is 5.82 Å². The molecule has 2 aliphatic heterocycles. The molecule has 5 heterocycles. The average Bonchev–Trinajstić information content (AvgIpc) is 3.44. The summed E-state index contributed by atoms with van der Waals surface area (Å²) in [5.74, 6) is 1.82. The Hall–Kier alpha value is -2.65. The van der Waals surface area contributed by atoms with E-state index in [-0.39, 0.29) is 12.4 Å². The Balaban J connectivity index is 0.00000259. The summed E-state index contributed by atoms with van der Waals surface area (Å²) in [5, 5.41) is 8.75. The number of rotatable bonds is 6. The SMILES string of the molecule is CCCN1CCN(CC2CCN(c3nc(-c4cnn(C)c4)cn4nccc34)CC2)C(=O)C1.Cl. The van der Waals surface area contributed by atoms with Gasteiger partial charge in [-0.3, -0.25) is 14.4 Å². The van der Waals surface area contributed by atoms with Gasteiger partial charge in [0, 0.05) is 51.5 Å². The minimum absolute atomic E-state index is 0. The van der Waals surface area contributed by atoms with Crippen molar-refractivity contribution in [3.8, 4) is 11.3 Å². The molecule has 0 bridgehead atoms. The molecule has 9 nitrogen and oxygen atoms in total. The van der Waals surface area contributed by atoms with E-state index in [9.17, 15) is 4.79 Å². The fourth-order valence-electron chi connectivity index (χ4n) is 4.93. The van der Waals surface area contributed by atoms with E-state index in [0.29, 0.717) is 18.4 Å². The molecule has 3 aromatic rings. The van der Waals surface area contributed by atoms with E-state index in [1.807, 2.05) is 42.4 Å². The van der Waals surface area contributed by atoms with Crippen LogP contribution in [-0.4, -0.2) is 85.9 Å². The van der Waals surface area contributed by atoms with Gasteiger partial charge in [0.1, 0.15) is 5.52 Å². The van der Waals surface area contributed by atoms with Crippen molar-refractivity contribution in [1.82, 2.24) is 34.2 Å². The van der Waals surface area contributed by atoms with Gasteiger partial charge in [0.2, 0.25) is 5.91 Å². The lowest BCUT2D eigenvalue weighted by Crippen LogP contribution is -2.52. The van der Waals surface area contributed by atoms with Crippen molar-refractivity contribution >= 4 is 29.6 Å². The Kier molecular flexibility index (Phi) is 7.19. The Morgan fingerprint density at radius 3 is 2.61 bits per heavy atom. The van der Waals surface area contributed by atoms with Crippen molar-refractivity contribution in [2.45, 2.75) is 26.2 Å². The van der Waals surface area contributed by atoms with Crippen molar-refractivity contribution in [1.29, 1.82) is 0 Å². The minimum Gasteiger partial charge on any atom is -0.355 e. The van der Waals surface area contributed by atoms with Crippen LogP contribution >= 0.6 is 12.4 Å². The summed E-state index contributed by atoms with van der Waals surface area (Å²) in [5.41, 5.74) is 2.89. The molecule has 3 aromatic heterocycles. The molecule has 178 valence electrons. The second-order valence-corrected chi connectivity index (χ2v) is 9.06. The van der Waals surface area contributed by atoms with Gasteiger partial charge in [-0.1, -0.05) is 6.92 Å². The van der Waals surface area contributed by atoms with Crippen LogP contribution in [-0.2, 0) is 11.8 Å². The van der Waals surface area contributed by atoms with E-state index in [1.54, 1.807) is 4.68 Å². The first-order valence-corrected chi connectivity index (χ1v) is 11.7. The van der Waals surface area contributed by atoms with Crippen molar-refractivity contribution < 1.29 is 4.79 Å². The lowest BCUT2D eigenvalue weighted by atomic mass is 9.95. The maximum atomic E-state index is 12.6. The second-order valence-electron chi connectivity index (χ2n) is 9.06. The van der Waals surface area contributed by atoms with E-state index in [0.717, 1.165) is 81.1 Å². The normalized spacial score (nSPS) is 18.2. The number of amides is 1. The number of hydrogen-bond acceptors (Lipinski definition) is 6. The number of aryl methyl sites for hydroxylation is 1. The average molecular weight is 473 g/mol. The van der Waals surface area contributed by atoms with E-state index < -0.39 is 0 Å². The molecular weight excluding hydrogens is 440 g/mol. The molecule has 2 fully saturated rings. The molecule has 1 amide bonds. The Bertz CT molecular complexity index is 1090. The van der Waals surface area contributed by atoms with Gasteiger partial charge in [0.25, 0.3) is 0 Å². The third-order valence-corrected chi connectivity index (χ3v) is 6.70. The van der Waals surface area contributed by atoms with Gasteiger partial charge in [-0.2, -0.15) is 10.2 Å². The minimum atomic E-state index is 0. The highest BCUT2D eigenvalue weighted by atomic mass is 35.5. The van der Waals surface area contributed by atoms with Crippen molar-refractivity contribution in [3.63, 3.8) is 0 Å². The quantitative estimate of drug-likeness (QED) is 0.548. The van der Waals surface area contributed by atoms with Gasteiger partial charge in [-0.05, 0) is 37.8 Å². The summed E-state index contributed by atoms with van der Waals surface area (Å²) >= 11 is 0. The van der Waals surface area contributed by atoms with Gasteiger partial charge in [-0.25, -0.2) is 9.50 Å². The van der Waals surface area contributed by atoms with Gasteiger partial charge in [-0.15, -0.1) is 12.4 Å². The van der Waals surface area contributed by atoms with Crippen LogP contribution in [0.1, 0.15) is 26.2 Å². The molecule has 2 saturated heterocycles. The predicted molar refractivity (Wildman–Crippen MR) is 131 cm³/mol. The number of halogens is 1. The highest BCUT2D eigenvalue weighted by Gasteiger charge is 2.28. The number of piperidine rings is 1. The van der Waals surface area contributed by atoms with Crippen LogP contribution < -0.4 is 4.90 Å². The summed E-state index contributed by atoms with van der Waals surface area (Å²) in [7, 11) is 1.91. The van der Waals surface area contributed by atoms with Crippen LogP contribution in [0.15, 0.2) is 30.9 Å². The Morgan fingerprint density at radius 2 is 1.91 bits per heavy atom. The smallest absolute Gasteiger partial charge is 0.236 e. The number of fused-ring (bicyclic) bond motifs is 1.